The van der Waals surface area contributed by atoms with E-state index >= 15 is 0 Å². The summed E-state index contributed by atoms with van der Waals surface area (Å²) in [7, 11) is 0. The maximum Gasteiger partial charge on any atom is 0.133 e. The Morgan fingerprint density at radius 3 is 2.46 bits per heavy atom. The Balaban J connectivity index is 1.28. The second-order valence-electron chi connectivity index (χ2n) is 7.42. The van der Waals surface area contributed by atoms with Crippen LogP contribution in [0.25, 0.3) is 0 Å². The summed E-state index contributed by atoms with van der Waals surface area (Å²) in [5.41, 5.74) is 1.34. The number of hydrogen-bond donors (Lipinski definition) is 0. The highest BCUT2D eigenvalue weighted by Gasteiger charge is 2.21. The summed E-state index contributed by atoms with van der Waals surface area (Å²) in [6.45, 7) is 7.24. The van der Waals surface area contributed by atoms with Crippen molar-refractivity contribution >= 4 is 0 Å². The van der Waals surface area contributed by atoms with Crippen LogP contribution < -0.4 is 0 Å². The molecule has 2 aromatic heterocycles. The van der Waals surface area contributed by atoms with Crippen molar-refractivity contribution in [3.8, 4) is 0 Å². The summed E-state index contributed by atoms with van der Waals surface area (Å²) in [5.74, 6) is 2.07. The fraction of sp³-hybridized carbons (Fsp3) is 0.571. The van der Waals surface area contributed by atoms with E-state index in [1.807, 2.05) is 12.4 Å². The van der Waals surface area contributed by atoms with Crippen LogP contribution in [0.4, 0.5) is 0 Å². The molecule has 0 bridgehead atoms. The standard InChI is InChI=1S/C21H29N3O2/c1-2-15-25-20(4-1)21-6-5-19(26-21)17-24-12-3-11-23(13-14-24)16-18-7-9-22-10-8-18/h5-10,20H,1-4,11-17H2/t20-/m1/s1. The number of nitrogens with zero attached hydrogens (tertiary/aromatic N) is 3. The van der Waals surface area contributed by atoms with E-state index < -0.39 is 0 Å². The molecule has 4 heterocycles. The van der Waals surface area contributed by atoms with Crippen LogP contribution in [-0.4, -0.2) is 47.6 Å². The molecule has 2 fully saturated rings. The van der Waals surface area contributed by atoms with Crippen LogP contribution >= 0.6 is 0 Å². The number of aromatic nitrogens is 1. The molecule has 5 heteroatoms. The molecule has 0 unspecified atom stereocenters. The van der Waals surface area contributed by atoms with Crippen LogP contribution in [0.5, 0.6) is 0 Å². The maximum atomic E-state index is 6.10. The van der Waals surface area contributed by atoms with E-state index in [0.29, 0.717) is 0 Å². The van der Waals surface area contributed by atoms with Gasteiger partial charge in [-0.15, -0.1) is 0 Å². The molecule has 0 spiro atoms. The summed E-state index contributed by atoms with van der Waals surface area (Å²) in [6.07, 6.45) is 8.62. The first-order valence-corrected chi connectivity index (χ1v) is 9.91. The van der Waals surface area contributed by atoms with E-state index in [4.69, 9.17) is 9.15 Å². The average Bonchev–Trinajstić information content (AvgIpc) is 3.05. The minimum absolute atomic E-state index is 0.164. The minimum Gasteiger partial charge on any atom is -0.462 e. The molecule has 0 N–H and O–H groups in total. The summed E-state index contributed by atoms with van der Waals surface area (Å²) >= 11 is 0. The summed E-state index contributed by atoms with van der Waals surface area (Å²) in [4.78, 5) is 9.16. The van der Waals surface area contributed by atoms with Gasteiger partial charge in [0.2, 0.25) is 0 Å². The zero-order chi connectivity index (χ0) is 17.6. The lowest BCUT2D eigenvalue weighted by atomic mass is 10.1. The van der Waals surface area contributed by atoms with Crippen molar-refractivity contribution in [1.29, 1.82) is 0 Å². The smallest absolute Gasteiger partial charge is 0.133 e. The molecule has 2 saturated heterocycles. The lowest BCUT2D eigenvalue weighted by Gasteiger charge is -2.22. The zero-order valence-corrected chi connectivity index (χ0v) is 15.5. The highest BCUT2D eigenvalue weighted by molar-refractivity contribution is 5.11. The van der Waals surface area contributed by atoms with E-state index in [-0.39, 0.29) is 6.10 Å². The molecule has 1 atom stereocenters. The van der Waals surface area contributed by atoms with E-state index in [9.17, 15) is 0 Å². The Kier molecular flexibility index (Phi) is 5.99. The van der Waals surface area contributed by atoms with Crippen molar-refractivity contribution in [2.45, 2.75) is 44.9 Å². The lowest BCUT2D eigenvalue weighted by Crippen LogP contribution is -2.30. The van der Waals surface area contributed by atoms with Gasteiger partial charge in [-0.25, -0.2) is 0 Å². The molecule has 140 valence electrons. The molecule has 26 heavy (non-hydrogen) atoms. The quantitative estimate of drug-likeness (QED) is 0.819. The Hall–Kier alpha value is -1.69. The normalized spacial score (nSPS) is 23.0. The van der Waals surface area contributed by atoms with Gasteiger partial charge in [0, 0.05) is 38.6 Å². The molecule has 4 rings (SSSR count). The topological polar surface area (TPSA) is 41.7 Å². The molecule has 0 amide bonds. The van der Waals surface area contributed by atoms with Crippen molar-refractivity contribution in [3.63, 3.8) is 0 Å². The third-order valence-electron chi connectivity index (χ3n) is 5.40. The highest BCUT2D eigenvalue weighted by Crippen LogP contribution is 2.29. The van der Waals surface area contributed by atoms with Gasteiger partial charge in [-0.2, -0.15) is 0 Å². The Bertz CT molecular complexity index is 667. The molecule has 0 radical (unpaired) electrons. The second-order valence-corrected chi connectivity index (χ2v) is 7.42. The van der Waals surface area contributed by atoms with Crippen molar-refractivity contribution in [2.75, 3.05) is 32.8 Å². The largest absolute Gasteiger partial charge is 0.462 e. The Labute approximate surface area is 156 Å². The van der Waals surface area contributed by atoms with Gasteiger partial charge in [0.1, 0.15) is 17.6 Å². The van der Waals surface area contributed by atoms with E-state index in [1.165, 1.54) is 24.8 Å². The van der Waals surface area contributed by atoms with Crippen LogP contribution in [0.1, 0.15) is 48.9 Å². The predicted molar refractivity (Wildman–Crippen MR) is 101 cm³/mol. The first-order chi connectivity index (χ1) is 12.9. The molecule has 0 saturated carbocycles. The van der Waals surface area contributed by atoms with Crippen molar-refractivity contribution in [3.05, 3.63) is 53.7 Å². The zero-order valence-electron chi connectivity index (χ0n) is 15.5. The van der Waals surface area contributed by atoms with Gasteiger partial charge < -0.3 is 9.15 Å². The summed E-state index contributed by atoms with van der Waals surface area (Å²) < 4.78 is 11.9. The van der Waals surface area contributed by atoms with E-state index in [2.05, 4.69) is 39.0 Å². The number of pyridine rings is 1. The van der Waals surface area contributed by atoms with E-state index in [1.54, 1.807) is 0 Å². The Morgan fingerprint density at radius 1 is 0.885 bits per heavy atom. The van der Waals surface area contributed by atoms with Gasteiger partial charge in [-0.3, -0.25) is 14.8 Å². The fourth-order valence-corrected chi connectivity index (χ4v) is 3.93. The first kappa shape index (κ1) is 17.7. The second kappa shape index (κ2) is 8.80. The highest BCUT2D eigenvalue weighted by atomic mass is 16.5. The van der Waals surface area contributed by atoms with Gasteiger partial charge >= 0.3 is 0 Å². The average molecular weight is 355 g/mol. The van der Waals surface area contributed by atoms with Gasteiger partial charge in [-0.1, -0.05) is 0 Å². The number of furan rings is 1. The SMILES string of the molecule is c1cc(CN2CCCN(Cc3ccc([C@H]4CCCCO4)o3)CC2)ccn1. The van der Waals surface area contributed by atoms with Gasteiger partial charge in [-0.05, 0) is 68.6 Å². The molecule has 2 aliphatic rings. The monoisotopic (exact) mass is 355 g/mol. The van der Waals surface area contributed by atoms with Crippen LogP contribution in [0.3, 0.4) is 0 Å². The lowest BCUT2D eigenvalue weighted by molar-refractivity contribution is 0.000863. The van der Waals surface area contributed by atoms with Gasteiger partial charge in [0.05, 0.1) is 6.54 Å². The van der Waals surface area contributed by atoms with Gasteiger partial charge in [0.15, 0.2) is 0 Å². The molecular weight excluding hydrogens is 326 g/mol. The van der Waals surface area contributed by atoms with Gasteiger partial charge in [0.25, 0.3) is 0 Å². The number of hydrogen-bond acceptors (Lipinski definition) is 5. The molecular formula is C21H29N3O2. The molecule has 5 nitrogen and oxygen atoms in total. The van der Waals surface area contributed by atoms with Crippen molar-refractivity contribution < 1.29 is 9.15 Å². The van der Waals surface area contributed by atoms with E-state index in [0.717, 1.165) is 63.8 Å². The summed E-state index contributed by atoms with van der Waals surface area (Å²) in [5, 5.41) is 0. The first-order valence-electron chi connectivity index (χ1n) is 9.91. The molecule has 2 aliphatic heterocycles. The van der Waals surface area contributed by atoms with Crippen LogP contribution in [0.2, 0.25) is 0 Å². The van der Waals surface area contributed by atoms with Crippen LogP contribution in [0, 0.1) is 0 Å². The van der Waals surface area contributed by atoms with Crippen molar-refractivity contribution in [2.24, 2.45) is 0 Å². The molecule has 0 aliphatic carbocycles. The maximum absolute atomic E-state index is 6.10. The number of rotatable bonds is 5. The molecule has 2 aromatic rings. The molecule has 0 aromatic carbocycles. The Morgan fingerprint density at radius 2 is 1.69 bits per heavy atom. The third-order valence-corrected chi connectivity index (χ3v) is 5.40. The third kappa shape index (κ3) is 4.72. The van der Waals surface area contributed by atoms with Crippen LogP contribution in [-0.2, 0) is 17.8 Å². The van der Waals surface area contributed by atoms with Crippen molar-refractivity contribution in [1.82, 2.24) is 14.8 Å². The van der Waals surface area contributed by atoms with Crippen LogP contribution in [0.15, 0.2) is 41.1 Å². The minimum atomic E-state index is 0.164. The predicted octanol–water partition coefficient (Wildman–Crippen LogP) is 3.62. The fourth-order valence-electron chi connectivity index (χ4n) is 3.93. The number of ether oxygens (including phenoxy) is 1. The summed E-state index contributed by atoms with van der Waals surface area (Å²) in [6, 6.07) is 8.46.